The quantitative estimate of drug-likeness (QED) is 0.630. The van der Waals surface area contributed by atoms with Gasteiger partial charge in [0.05, 0.1) is 25.0 Å². The molecule has 0 aliphatic heterocycles. The molecule has 0 aliphatic rings. The van der Waals surface area contributed by atoms with Gasteiger partial charge in [-0.15, -0.1) is 0 Å². The predicted molar refractivity (Wildman–Crippen MR) is 98.8 cm³/mol. The van der Waals surface area contributed by atoms with Gasteiger partial charge in [0.2, 0.25) is 11.8 Å². The molecule has 150 valence electrons. The summed E-state index contributed by atoms with van der Waals surface area (Å²) in [7, 11) is 1.50. The molecule has 3 N–H and O–H groups in total. The normalized spacial score (nSPS) is 11.5. The van der Waals surface area contributed by atoms with Gasteiger partial charge in [0.25, 0.3) is 0 Å². The number of hydrogen-bond donors (Lipinski definition) is 3. The van der Waals surface area contributed by atoms with Crippen molar-refractivity contribution in [2.24, 2.45) is 0 Å². The van der Waals surface area contributed by atoms with Crippen LogP contribution in [0.4, 0.5) is 24.5 Å². The van der Waals surface area contributed by atoms with E-state index in [0.29, 0.717) is 17.5 Å². The highest BCUT2D eigenvalue weighted by Gasteiger charge is 2.18. The molecule has 1 atom stereocenters. The fraction of sp³-hybridized carbons (Fsp3) is 0.263. The van der Waals surface area contributed by atoms with E-state index in [9.17, 15) is 22.8 Å². The van der Waals surface area contributed by atoms with Crippen LogP contribution in [0.5, 0.6) is 5.75 Å². The number of halogens is 3. The summed E-state index contributed by atoms with van der Waals surface area (Å²) in [6, 6.07) is 6.29. The molecule has 0 aliphatic carbocycles. The molecule has 9 heteroatoms. The SMILES string of the molecule is COc1ccc(C)cc1NC(C)C(=O)NCC(=O)Nc1ccc(F)c(F)c1F. The van der Waals surface area contributed by atoms with Crippen LogP contribution >= 0.6 is 0 Å². The van der Waals surface area contributed by atoms with Gasteiger partial charge < -0.3 is 20.7 Å². The molecule has 28 heavy (non-hydrogen) atoms. The Morgan fingerprint density at radius 1 is 1.07 bits per heavy atom. The number of carbonyl (C=O) groups is 2. The molecule has 0 aromatic heterocycles. The highest BCUT2D eigenvalue weighted by molar-refractivity contribution is 5.95. The Kier molecular flexibility index (Phi) is 6.86. The summed E-state index contributed by atoms with van der Waals surface area (Å²) in [5.41, 5.74) is 1.05. The largest absolute Gasteiger partial charge is 0.495 e. The summed E-state index contributed by atoms with van der Waals surface area (Å²) in [5, 5.41) is 7.43. The van der Waals surface area contributed by atoms with Crippen LogP contribution < -0.4 is 20.7 Å². The Bertz CT molecular complexity index is 890. The lowest BCUT2D eigenvalue weighted by atomic mass is 10.2. The average Bonchev–Trinajstić information content (AvgIpc) is 2.66. The highest BCUT2D eigenvalue weighted by Crippen LogP contribution is 2.25. The Hall–Kier alpha value is -3.23. The van der Waals surface area contributed by atoms with E-state index in [4.69, 9.17) is 4.74 Å². The summed E-state index contributed by atoms with van der Waals surface area (Å²) in [5.74, 6) is -5.30. The van der Waals surface area contributed by atoms with Crippen LogP contribution in [0, 0.1) is 24.4 Å². The number of nitrogens with one attached hydrogen (secondary N) is 3. The van der Waals surface area contributed by atoms with Crippen LogP contribution in [-0.2, 0) is 9.59 Å². The number of carbonyl (C=O) groups excluding carboxylic acids is 2. The van der Waals surface area contributed by atoms with Crippen molar-refractivity contribution in [3.63, 3.8) is 0 Å². The number of anilines is 2. The number of ether oxygens (including phenoxy) is 1. The maximum absolute atomic E-state index is 13.6. The van der Waals surface area contributed by atoms with E-state index < -0.39 is 47.5 Å². The van der Waals surface area contributed by atoms with Crippen LogP contribution in [0.2, 0.25) is 0 Å². The van der Waals surface area contributed by atoms with Crippen molar-refractivity contribution in [2.75, 3.05) is 24.3 Å². The second-order valence-corrected chi connectivity index (χ2v) is 6.06. The van der Waals surface area contributed by atoms with Gasteiger partial charge in [-0.2, -0.15) is 0 Å². The van der Waals surface area contributed by atoms with Crippen molar-refractivity contribution in [1.29, 1.82) is 0 Å². The molecule has 2 rings (SSSR count). The van der Waals surface area contributed by atoms with Gasteiger partial charge >= 0.3 is 0 Å². The van der Waals surface area contributed by atoms with Gasteiger partial charge in [-0.25, -0.2) is 13.2 Å². The molecule has 0 spiro atoms. The molecule has 1 unspecified atom stereocenters. The molecule has 0 heterocycles. The van der Waals surface area contributed by atoms with Gasteiger partial charge in [-0.05, 0) is 43.7 Å². The van der Waals surface area contributed by atoms with Crippen molar-refractivity contribution in [2.45, 2.75) is 19.9 Å². The molecule has 2 amide bonds. The zero-order chi connectivity index (χ0) is 20.8. The van der Waals surface area contributed by atoms with Crippen molar-refractivity contribution in [3.05, 3.63) is 53.3 Å². The first-order chi connectivity index (χ1) is 13.2. The summed E-state index contributed by atoms with van der Waals surface area (Å²) < 4.78 is 44.8. The Morgan fingerprint density at radius 2 is 1.79 bits per heavy atom. The first-order valence-corrected chi connectivity index (χ1v) is 8.35. The lowest BCUT2D eigenvalue weighted by Crippen LogP contribution is -2.41. The predicted octanol–water partition coefficient (Wildman–Crippen LogP) is 2.98. The number of amides is 2. The molecular weight excluding hydrogens is 375 g/mol. The zero-order valence-electron chi connectivity index (χ0n) is 15.5. The maximum atomic E-state index is 13.6. The Morgan fingerprint density at radius 3 is 2.46 bits per heavy atom. The van der Waals surface area contributed by atoms with Crippen molar-refractivity contribution >= 4 is 23.2 Å². The molecule has 0 saturated heterocycles. The van der Waals surface area contributed by atoms with Crippen molar-refractivity contribution < 1.29 is 27.5 Å². The zero-order valence-corrected chi connectivity index (χ0v) is 15.5. The molecule has 0 bridgehead atoms. The second kappa shape index (κ2) is 9.12. The fourth-order valence-corrected chi connectivity index (χ4v) is 2.37. The molecule has 6 nitrogen and oxygen atoms in total. The summed E-state index contributed by atoms with van der Waals surface area (Å²) >= 11 is 0. The van der Waals surface area contributed by atoms with E-state index >= 15 is 0 Å². The molecular formula is C19H20F3N3O3. The molecule has 2 aromatic rings. The van der Waals surface area contributed by atoms with Gasteiger partial charge in [-0.3, -0.25) is 9.59 Å². The first kappa shape index (κ1) is 21.1. The smallest absolute Gasteiger partial charge is 0.243 e. The second-order valence-electron chi connectivity index (χ2n) is 6.06. The maximum Gasteiger partial charge on any atom is 0.243 e. The summed E-state index contributed by atoms with van der Waals surface area (Å²) in [6.45, 7) is 3.00. The monoisotopic (exact) mass is 395 g/mol. The lowest BCUT2D eigenvalue weighted by molar-refractivity contribution is -0.124. The Labute approximate surface area is 160 Å². The Balaban J connectivity index is 1.92. The van der Waals surface area contributed by atoms with Crippen LogP contribution in [0.25, 0.3) is 0 Å². The van der Waals surface area contributed by atoms with E-state index in [0.717, 1.165) is 11.6 Å². The number of rotatable bonds is 7. The number of methoxy groups -OCH3 is 1. The fourth-order valence-electron chi connectivity index (χ4n) is 2.37. The number of aryl methyl sites for hydroxylation is 1. The standard InChI is InChI=1S/C19H20F3N3O3/c1-10-4-7-15(28-3)14(8-10)24-11(2)19(27)23-9-16(26)25-13-6-5-12(20)17(21)18(13)22/h4-8,11,24H,9H2,1-3H3,(H,23,27)(H,25,26). The number of benzene rings is 2. The van der Waals surface area contributed by atoms with Crippen LogP contribution in [0.15, 0.2) is 30.3 Å². The van der Waals surface area contributed by atoms with Crippen LogP contribution in [0.3, 0.4) is 0 Å². The molecule has 2 aromatic carbocycles. The highest BCUT2D eigenvalue weighted by atomic mass is 19.2. The molecule has 0 saturated carbocycles. The minimum absolute atomic E-state index is 0.478. The van der Waals surface area contributed by atoms with Gasteiger partial charge in [0.1, 0.15) is 11.8 Å². The third-order valence-corrected chi connectivity index (χ3v) is 3.85. The molecule has 0 fully saturated rings. The van der Waals surface area contributed by atoms with Crippen LogP contribution in [0.1, 0.15) is 12.5 Å². The van der Waals surface area contributed by atoms with E-state index in [-0.39, 0.29) is 0 Å². The van der Waals surface area contributed by atoms with Crippen LogP contribution in [-0.4, -0.2) is 31.5 Å². The third kappa shape index (κ3) is 5.15. The topological polar surface area (TPSA) is 79.5 Å². The van der Waals surface area contributed by atoms with E-state index in [1.54, 1.807) is 19.1 Å². The van der Waals surface area contributed by atoms with Crippen molar-refractivity contribution in [3.8, 4) is 5.75 Å². The number of hydrogen-bond acceptors (Lipinski definition) is 4. The minimum atomic E-state index is -1.69. The third-order valence-electron chi connectivity index (χ3n) is 3.85. The van der Waals surface area contributed by atoms with E-state index in [1.165, 1.54) is 7.11 Å². The van der Waals surface area contributed by atoms with E-state index in [1.807, 2.05) is 13.0 Å². The van der Waals surface area contributed by atoms with Gasteiger partial charge in [0.15, 0.2) is 17.5 Å². The lowest BCUT2D eigenvalue weighted by Gasteiger charge is -2.18. The first-order valence-electron chi connectivity index (χ1n) is 8.35. The molecule has 0 radical (unpaired) electrons. The van der Waals surface area contributed by atoms with Crippen molar-refractivity contribution in [1.82, 2.24) is 5.32 Å². The van der Waals surface area contributed by atoms with Gasteiger partial charge in [-0.1, -0.05) is 6.07 Å². The van der Waals surface area contributed by atoms with E-state index in [2.05, 4.69) is 16.0 Å². The minimum Gasteiger partial charge on any atom is -0.495 e. The average molecular weight is 395 g/mol. The summed E-state index contributed by atoms with van der Waals surface area (Å²) in [4.78, 5) is 24.0. The summed E-state index contributed by atoms with van der Waals surface area (Å²) in [6.07, 6.45) is 0. The van der Waals surface area contributed by atoms with Gasteiger partial charge in [0, 0.05) is 0 Å².